The summed E-state index contributed by atoms with van der Waals surface area (Å²) in [6.45, 7) is 1.75. The highest BCUT2D eigenvalue weighted by Crippen LogP contribution is 2.40. The molecule has 2 atom stereocenters. The van der Waals surface area contributed by atoms with Crippen molar-refractivity contribution in [3.8, 4) is 6.07 Å². The third kappa shape index (κ3) is 2.44. The van der Waals surface area contributed by atoms with Crippen LogP contribution in [0, 0.1) is 24.2 Å². The van der Waals surface area contributed by atoms with Gasteiger partial charge in [-0.1, -0.05) is 6.42 Å². The first-order valence-electron chi connectivity index (χ1n) is 7.57. The van der Waals surface area contributed by atoms with E-state index in [0.29, 0.717) is 42.5 Å². The van der Waals surface area contributed by atoms with E-state index in [9.17, 15) is 13.2 Å². The molecule has 0 saturated carbocycles. The number of pyridine rings is 1. The molecule has 0 aromatic carbocycles. The van der Waals surface area contributed by atoms with Crippen molar-refractivity contribution in [3.05, 3.63) is 29.1 Å². The summed E-state index contributed by atoms with van der Waals surface area (Å²) in [6, 6.07) is 3.67. The summed E-state index contributed by atoms with van der Waals surface area (Å²) in [7, 11) is -3.04. The number of carbonyl (C=O) groups is 1. The van der Waals surface area contributed by atoms with E-state index in [1.54, 1.807) is 13.0 Å². The van der Waals surface area contributed by atoms with E-state index in [2.05, 4.69) is 4.98 Å². The molecule has 116 valence electrons. The fourth-order valence-corrected chi connectivity index (χ4v) is 6.22. The lowest BCUT2D eigenvalue weighted by Gasteiger charge is -2.38. The largest absolute Gasteiger partial charge is 0.294 e. The van der Waals surface area contributed by atoms with Gasteiger partial charge >= 0.3 is 0 Å². The quantitative estimate of drug-likeness (QED) is 0.780. The first kappa shape index (κ1) is 15.2. The Labute approximate surface area is 130 Å². The number of Topliss-reactive ketones (excluding diaryl/α,β-unsaturated/α-hetero) is 1. The average molecular weight is 318 g/mol. The number of fused-ring (bicyclic) bond motifs is 2. The second kappa shape index (κ2) is 5.47. The van der Waals surface area contributed by atoms with Crippen molar-refractivity contribution in [2.75, 3.05) is 0 Å². The van der Waals surface area contributed by atoms with Gasteiger partial charge in [0.2, 0.25) is 0 Å². The smallest absolute Gasteiger partial charge is 0.167 e. The number of nitriles is 1. The fraction of sp³-hybridized carbons (Fsp3) is 0.562. The molecule has 0 radical (unpaired) electrons. The number of hydrogen-bond acceptors (Lipinski definition) is 5. The predicted molar refractivity (Wildman–Crippen MR) is 81.1 cm³/mol. The first-order chi connectivity index (χ1) is 10.4. The molecule has 1 aromatic heterocycles. The standard InChI is InChI=1S/C16H18N2O3S/c1-10-5-12(9-18-15(10)8-17)16(19)11-6-13-3-2-4-14(7-11)22(13,20)21/h5,9,11,13-14H,2-4,6-7H2,1H3. The number of hydrogen-bond donors (Lipinski definition) is 0. The van der Waals surface area contributed by atoms with Gasteiger partial charge in [0, 0.05) is 17.7 Å². The van der Waals surface area contributed by atoms with Crippen molar-refractivity contribution in [2.45, 2.75) is 49.5 Å². The fourth-order valence-electron chi connectivity index (χ4n) is 3.69. The van der Waals surface area contributed by atoms with Crippen LogP contribution in [-0.4, -0.2) is 29.7 Å². The molecular weight excluding hydrogens is 300 g/mol. The Balaban J connectivity index is 1.85. The second-order valence-corrected chi connectivity index (χ2v) is 8.81. The van der Waals surface area contributed by atoms with E-state index in [4.69, 9.17) is 5.26 Å². The van der Waals surface area contributed by atoms with Crippen molar-refractivity contribution < 1.29 is 13.2 Å². The Kier molecular flexibility index (Phi) is 3.77. The molecule has 2 fully saturated rings. The van der Waals surface area contributed by atoms with E-state index < -0.39 is 9.84 Å². The summed E-state index contributed by atoms with van der Waals surface area (Å²) in [5.41, 5.74) is 1.48. The van der Waals surface area contributed by atoms with E-state index in [1.165, 1.54) is 6.20 Å². The Hall–Kier alpha value is -1.74. The van der Waals surface area contributed by atoms with Crippen LogP contribution in [0.3, 0.4) is 0 Å². The SMILES string of the molecule is Cc1cc(C(=O)C2CC3CCCC(C2)S3(=O)=O)cnc1C#N. The third-order valence-electron chi connectivity index (χ3n) is 4.92. The van der Waals surface area contributed by atoms with E-state index in [1.807, 2.05) is 6.07 Å². The Morgan fingerprint density at radius 1 is 1.32 bits per heavy atom. The maximum Gasteiger partial charge on any atom is 0.167 e. The van der Waals surface area contributed by atoms with Crippen LogP contribution < -0.4 is 0 Å². The van der Waals surface area contributed by atoms with Crippen LogP contribution in [0.4, 0.5) is 0 Å². The second-order valence-electron chi connectivity index (χ2n) is 6.30. The van der Waals surface area contributed by atoms with Crippen LogP contribution in [0.15, 0.2) is 12.3 Å². The minimum Gasteiger partial charge on any atom is -0.294 e. The number of nitrogens with zero attached hydrogens (tertiary/aromatic N) is 2. The average Bonchev–Trinajstić information content (AvgIpc) is 2.45. The van der Waals surface area contributed by atoms with Gasteiger partial charge in [-0.3, -0.25) is 4.79 Å². The molecule has 5 nitrogen and oxygen atoms in total. The number of aromatic nitrogens is 1. The van der Waals surface area contributed by atoms with Gasteiger partial charge in [-0.2, -0.15) is 5.26 Å². The topological polar surface area (TPSA) is 87.9 Å². The maximum atomic E-state index is 12.7. The zero-order valence-corrected chi connectivity index (χ0v) is 13.3. The molecule has 22 heavy (non-hydrogen) atoms. The Bertz CT molecular complexity index is 744. The zero-order chi connectivity index (χ0) is 15.9. The molecule has 3 rings (SSSR count). The minimum atomic E-state index is -3.04. The lowest BCUT2D eigenvalue weighted by atomic mass is 9.84. The van der Waals surface area contributed by atoms with Crippen molar-refractivity contribution >= 4 is 15.6 Å². The van der Waals surface area contributed by atoms with E-state index in [0.717, 1.165) is 6.42 Å². The highest BCUT2D eigenvalue weighted by molar-refractivity contribution is 7.92. The molecule has 0 aliphatic carbocycles. The van der Waals surface area contributed by atoms with Gasteiger partial charge in [0.05, 0.1) is 10.5 Å². The maximum absolute atomic E-state index is 12.7. The molecular formula is C16H18N2O3S. The zero-order valence-electron chi connectivity index (χ0n) is 12.4. The predicted octanol–water partition coefficient (Wildman–Crippen LogP) is 2.19. The van der Waals surface area contributed by atoms with E-state index >= 15 is 0 Å². The van der Waals surface area contributed by atoms with Gasteiger partial charge in [0.25, 0.3) is 0 Å². The molecule has 0 spiro atoms. The van der Waals surface area contributed by atoms with Crippen LogP contribution in [0.2, 0.25) is 0 Å². The minimum absolute atomic E-state index is 0.0353. The molecule has 0 amide bonds. The molecule has 2 saturated heterocycles. The third-order valence-corrected chi connectivity index (χ3v) is 7.63. The van der Waals surface area contributed by atoms with Gasteiger partial charge in [0.15, 0.2) is 15.6 Å². The molecule has 2 aliphatic rings. The summed E-state index contributed by atoms with van der Waals surface area (Å²) in [4.78, 5) is 16.7. The summed E-state index contributed by atoms with van der Waals surface area (Å²) < 4.78 is 24.6. The lowest BCUT2D eigenvalue weighted by molar-refractivity contribution is 0.0893. The Morgan fingerprint density at radius 3 is 2.50 bits per heavy atom. The summed E-state index contributed by atoms with van der Waals surface area (Å²) >= 11 is 0. The van der Waals surface area contributed by atoms with Crippen molar-refractivity contribution in [1.82, 2.24) is 4.98 Å². The first-order valence-corrected chi connectivity index (χ1v) is 9.18. The van der Waals surface area contributed by atoms with Crippen molar-refractivity contribution in [3.63, 3.8) is 0 Å². The number of carbonyl (C=O) groups excluding carboxylic acids is 1. The van der Waals surface area contributed by atoms with Crippen molar-refractivity contribution in [1.29, 1.82) is 5.26 Å². The normalized spacial score (nSPS) is 29.5. The Morgan fingerprint density at radius 2 is 1.95 bits per heavy atom. The molecule has 2 bridgehead atoms. The van der Waals surface area contributed by atoms with Crippen LogP contribution in [0.5, 0.6) is 0 Å². The van der Waals surface area contributed by atoms with Gasteiger partial charge in [-0.15, -0.1) is 0 Å². The number of ketones is 1. The van der Waals surface area contributed by atoms with Crippen LogP contribution in [0.25, 0.3) is 0 Å². The molecule has 3 heterocycles. The van der Waals surface area contributed by atoms with Crippen LogP contribution in [0.1, 0.15) is 53.7 Å². The summed E-state index contributed by atoms with van der Waals surface area (Å²) in [5, 5.41) is 8.18. The van der Waals surface area contributed by atoms with Gasteiger partial charge in [-0.05, 0) is 44.2 Å². The van der Waals surface area contributed by atoms with Gasteiger partial charge in [0.1, 0.15) is 11.8 Å². The highest BCUT2D eigenvalue weighted by Gasteiger charge is 2.46. The number of sulfone groups is 1. The van der Waals surface area contributed by atoms with Crippen LogP contribution in [-0.2, 0) is 9.84 Å². The number of rotatable bonds is 2. The monoisotopic (exact) mass is 318 g/mol. The molecule has 2 unspecified atom stereocenters. The summed E-state index contributed by atoms with van der Waals surface area (Å²) in [5.74, 6) is -0.278. The molecule has 1 aromatic rings. The van der Waals surface area contributed by atoms with Crippen LogP contribution >= 0.6 is 0 Å². The number of aryl methyl sites for hydroxylation is 1. The molecule has 0 N–H and O–H groups in total. The molecule has 6 heteroatoms. The summed E-state index contributed by atoms with van der Waals surface area (Å²) in [6.07, 6.45) is 4.58. The van der Waals surface area contributed by atoms with E-state index in [-0.39, 0.29) is 22.2 Å². The lowest BCUT2D eigenvalue weighted by Crippen LogP contribution is -2.45. The van der Waals surface area contributed by atoms with Gasteiger partial charge < -0.3 is 0 Å². The van der Waals surface area contributed by atoms with Gasteiger partial charge in [-0.25, -0.2) is 13.4 Å². The van der Waals surface area contributed by atoms with Crippen molar-refractivity contribution in [2.24, 2.45) is 5.92 Å². The molecule has 2 aliphatic heterocycles. The highest BCUT2D eigenvalue weighted by atomic mass is 32.2.